The summed E-state index contributed by atoms with van der Waals surface area (Å²) in [5, 5.41) is 21.2. The van der Waals surface area contributed by atoms with Crippen LogP contribution in [0.2, 0.25) is 0 Å². The molecule has 0 fully saturated rings. The van der Waals surface area contributed by atoms with Gasteiger partial charge in [0, 0.05) is 23.9 Å². The lowest BCUT2D eigenvalue weighted by molar-refractivity contribution is -0.138. The van der Waals surface area contributed by atoms with Crippen molar-refractivity contribution >= 4 is 5.97 Å². The monoisotopic (exact) mass is 283 g/mol. The number of carbonyl (C=O) groups is 1. The van der Waals surface area contributed by atoms with Gasteiger partial charge in [0.2, 0.25) is 0 Å². The van der Waals surface area contributed by atoms with Crippen LogP contribution in [0.3, 0.4) is 0 Å². The van der Waals surface area contributed by atoms with E-state index in [0.717, 1.165) is 0 Å². The van der Waals surface area contributed by atoms with Crippen LogP contribution in [0.5, 0.6) is 5.75 Å². The predicted molar refractivity (Wildman–Crippen MR) is 69.8 cm³/mol. The van der Waals surface area contributed by atoms with Crippen LogP contribution in [0.25, 0.3) is 0 Å². The minimum Gasteiger partial charge on any atom is -0.506 e. The van der Waals surface area contributed by atoms with Gasteiger partial charge < -0.3 is 15.1 Å². The molecule has 0 unspecified atom stereocenters. The van der Waals surface area contributed by atoms with Crippen LogP contribution < -0.4 is 0 Å². The van der Waals surface area contributed by atoms with Crippen LogP contribution >= 0.6 is 0 Å². The Morgan fingerprint density at radius 2 is 2.25 bits per heavy atom. The van der Waals surface area contributed by atoms with E-state index in [-0.39, 0.29) is 25.4 Å². The molecule has 0 aliphatic heterocycles. The maximum absolute atomic E-state index is 10.8. The van der Waals surface area contributed by atoms with E-state index in [1.165, 1.54) is 6.20 Å². The van der Waals surface area contributed by atoms with E-state index >= 15 is 0 Å². The molecule has 0 atom stereocenters. The van der Waals surface area contributed by atoms with Crippen molar-refractivity contribution in [2.24, 2.45) is 5.34 Å². The van der Waals surface area contributed by atoms with Gasteiger partial charge in [-0.1, -0.05) is 6.92 Å². The average Bonchev–Trinajstić information content (AvgIpc) is 2.41. The van der Waals surface area contributed by atoms with Gasteiger partial charge in [-0.05, 0) is 13.5 Å². The zero-order valence-corrected chi connectivity index (χ0v) is 11.4. The summed E-state index contributed by atoms with van der Waals surface area (Å²) in [6, 6.07) is 0. The van der Waals surface area contributed by atoms with Gasteiger partial charge in [0.1, 0.15) is 12.4 Å². The maximum atomic E-state index is 10.8. The largest absolute Gasteiger partial charge is 0.506 e. The first-order valence-electron chi connectivity index (χ1n) is 6.04. The molecule has 0 aliphatic carbocycles. The Bertz CT molecular complexity index is 492. The Labute approximate surface area is 115 Å². The molecule has 1 aromatic rings. The number of pyridine rings is 1. The second kappa shape index (κ2) is 7.39. The molecule has 110 valence electrons. The molecule has 0 spiro atoms. The van der Waals surface area contributed by atoms with E-state index in [2.05, 4.69) is 15.2 Å². The summed E-state index contributed by atoms with van der Waals surface area (Å²) >= 11 is 0. The van der Waals surface area contributed by atoms with Crippen molar-refractivity contribution in [1.29, 1.82) is 0 Å². The highest BCUT2D eigenvalue weighted by Gasteiger charge is 2.17. The molecule has 2 N–H and O–H groups in total. The molecule has 0 saturated heterocycles. The summed E-state index contributed by atoms with van der Waals surface area (Å²) in [4.78, 5) is 30.8. The Morgan fingerprint density at radius 3 is 2.80 bits per heavy atom. The summed E-state index contributed by atoms with van der Waals surface area (Å²) in [6.45, 7) is 3.90. The third-order valence-corrected chi connectivity index (χ3v) is 2.89. The fraction of sp³-hybridized carbons (Fsp3) is 0.500. The van der Waals surface area contributed by atoms with Crippen LogP contribution in [0.1, 0.15) is 23.7 Å². The number of aliphatic carboxylic acids is 1. The van der Waals surface area contributed by atoms with Crippen LogP contribution in [0, 0.1) is 11.8 Å². The number of carboxylic acid groups (broad SMARTS) is 1. The lowest BCUT2D eigenvalue weighted by Crippen LogP contribution is -2.29. The Hall–Kier alpha value is -2.22. The zero-order chi connectivity index (χ0) is 15.1. The molecule has 8 nitrogen and oxygen atoms in total. The van der Waals surface area contributed by atoms with Crippen molar-refractivity contribution < 1.29 is 19.8 Å². The standard InChI is InChI=1S/C12H17N3O5/c1-3-15(6-11(16)17)5-10-9(7-20-14-19)4-13-8(2)12(10)18/h4,18H,3,5-7H2,1-2H3,(H,16,17). The maximum Gasteiger partial charge on any atom is 0.317 e. The van der Waals surface area contributed by atoms with Crippen LogP contribution in [0.15, 0.2) is 11.5 Å². The highest BCUT2D eigenvalue weighted by molar-refractivity contribution is 5.69. The molecule has 1 heterocycles. The molecular formula is C12H17N3O5. The zero-order valence-electron chi connectivity index (χ0n) is 11.4. The summed E-state index contributed by atoms with van der Waals surface area (Å²) in [7, 11) is 0. The molecule has 0 amide bonds. The number of likely N-dealkylation sites (N-methyl/N-ethyl adjacent to an activating group) is 1. The van der Waals surface area contributed by atoms with Crippen molar-refractivity contribution in [3.63, 3.8) is 0 Å². The number of carboxylic acids is 1. The summed E-state index contributed by atoms with van der Waals surface area (Å²) < 4.78 is 0. The molecule has 0 saturated carbocycles. The molecule has 8 heteroatoms. The number of hydrogen-bond donors (Lipinski definition) is 2. The normalized spacial score (nSPS) is 10.6. The van der Waals surface area contributed by atoms with Gasteiger partial charge in [0.15, 0.2) is 5.34 Å². The fourth-order valence-electron chi connectivity index (χ4n) is 1.78. The van der Waals surface area contributed by atoms with E-state index in [9.17, 15) is 14.8 Å². The number of rotatable bonds is 8. The van der Waals surface area contributed by atoms with Crippen molar-refractivity contribution in [1.82, 2.24) is 9.88 Å². The summed E-state index contributed by atoms with van der Waals surface area (Å²) in [6.07, 6.45) is 1.48. The van der Waals surface area contributed by atoms with Gasteiger partial charge in [-0.3, -0.25) is 14.7 Å². The van der Waals surface area contributed by atoms with Crippen molar-refractivity contribution in [3.8, 4) is 5.75 Å². The van der Waals surface area contributed by atoms with Gasteiger partial charge in [-0.2, -0.15) is 0 Å². The van der Waals surface area contributed by atoms with Gasteiger partial charge in [-0.25, -0.2) is 0 Å². The number of nitrogens with zero attached hydrogens (tertiary/aromatic N) is 3. The summed E-state index contributed by atoms with van der Waals surface area (Å²) in [5.41, 5.74) is 1.41. The first-order valence-corrected chi connectivity index (χ1v) is 6.04. The topological polar surface area (TPSA) is 112 Å². The van der Waals surface area contributed by atoms with E-state index in [4.69, 9.17) is 5.11 Å². The first-order chi connectivity index (χ1) is 9.49. The second-order valence-electron chi connectivity index (χ2n) is 4.24. The molecule has 0 aliphatic rings. The SMILES string of the molecule is CCN(CC(=O)O)Cc1c(CON=O)cnc(C)c1O. The number of aromatic nitrogens is 1. The lowest BCUT2D eigenvalue weighted by Gasteiger charge is -2.20. The van der Waals surface area contributed by atoms with Crippen LogP contribution in [0.4, 0.5) is 0 Å². The van der Waals surface area contributed by atoms with Gasteiger partial charge >= 0.3 is 5.97 Å². The molecule has 1 aromatic heterocycles. The van der Waals surface area contributed by atoms with E-state index in [1.54, 1.807) is 11.8 Å². The van der Waals surface area contributed by atoms with Crippen LogP contribution in [-0.2, 0) is 22.8 Å². The quantitative estimate of drug-likeness (QED) is 0.544. The van der Waals surface area contributed by atoms with Crippen LogP contribution in [-0.4, -0.2) is 39.2 Å². The number of aryl methyl sites for hydroxylation is 1. The highest BCUT2D eigenvalue weighted by Crippen LogP contribution is 2.25. The molecule has 0 bridgehead atoms. The van der Waals surface area contributed by atoms with E-state index in [1.807, 2.05) is 6.92 Å². The van der Waals surface area contributed by atoms with Gasteiger partial charge in [-0.15, -0.1) is 4.91 Å². The molecule has 0 aromatic carbocycles. The Balaban J connectivity index is 3.02. The Kier molecular flexibility index (Phi) is 5.85. The third-order valence-electron chi connectivity index (χ3n) is 2.89. The van der Waals surface area contributed by atoms with Crippen molar-refractivity contribution in [2.45, 2.75) is 27.0 Å². The lowest BCUT2D eigenvalue weighted by atomic mass is 10.1. The molecule has 0 radical (unpaired) electrons. The summed E-state index contributed by atoms with van der Waals surface area (Å²) in [5.74, 6) is -0.981. The van der Waals surface area contributed by atoms with Gasteiger partial charge in [0.05, 0.1) is 12.2 Å². The minimum absolute atomic E-state index is 0.0270. The Morgan fingerprint density at radius 1 is 1.55 bits per heavy atom. The highest BCUT2D eigenvalue weighted by atomic mass is 16.7. The van der Waals surface area contributed by atoms with E-state index in [0.29, 0.717) is 23.4 Å². The van der Waals surface area contributed by atoms with E-state index < -0.39 is 5.97 Å². The van der Waals surface area contributed by atoms with Gasteiger partial charge in [0.25, 0.3) is 0 Å². The first kappa shape index (κ1) is 15.8. The smallest absolute Gasteiger partial charge is 0.317 e. The average molecular weight is 283 g/mol. The second-order valence-corrected chi connectivity index (χ2v) is 4.24. The third kappa shape index (κ3) is 4.16. The molecule has 20 heavy (non-hydrogen) atoms. The number of hydrogen-bond acceptors (Lipinski definition) is 7. The van der Waals surface area contributed by atoms with Crippen molar-refractivity contribution in [3.05, 3.63) is 27.9 Å². The molecular weight excluding hydrogens is 266 g/mol. The minimum atomic E-state index is -0.954. The fourth-order valence-corrected chi connectivity index (χ4v) is 1.78. The predicted octanol–water partition coefficient (Wildman–Crippen LogP) is 1.20. The molecule has 1 rings (SSSR count). The number of aromatic hydroxyl groups is 1. The van der Waals surface area contributed by atoms with Crippen molar-refractivity contribution in [2.75, 3.05) is 13.1 Å².